The summed E-state index contributed by atoms with van der Waals surface area (Å²) >= 11 is 0. The van der Waals surface area contributed by atoms with E-state index in [1.54, 1.807) is 15.4 Å². The van der Waals surface area contributed by atoms with Gasteiger partial charge in [-0.25, -0.2) is 9.50 Å². The minimum absolute atomic E-state index is 0.553. The lowest BCUT2D eigenvalue weighted by atomic mass is 9.99. The van der Waals surface area contributed by atoms with Gasteiger partial charge in [-0.2, -0.15) is 15.5 Å². The summed E-state index contributed by atoms with van der Waals surface area (Å²) < 4.78 is 3.55. The fourth-order valence-electron chi connectivity index (χ4n) is 4.12. The van der Waals surface area contributed by atoms with E-state index >= 15 is 0 Å². The Labute approximate surface area is 175 Å². The van der Waals surface area contributed by atoms with Crippen molar-refractivity contribution in [2.24, 2.45) is 13.0 Å². The molecule has 1 fully saturated rings. The van der Waals surface area contributed by atoms with E-state index in [-0.39, 0.29) is 0 Å². The minimum atomic E-state index is 0.553. The van der Waals surface area contributed by atoms with Crippen molar-refractivity contribution in [3.8, 4) is 28.3 Å². The molecule has 5 heterocycles. The van der Waals surface area contributed by atoms with Crippen molar-refractivity contribution < 1.29 is 0 Å². The number of piperidine rings is 1. The highest BCUT2D eigenvalue weighted by Crippen LogP contribution is 2.32. The summed E-state index contributed by atoms with van der Waals surface area (Å²) in [6, 6.07) is 8.53. The second-order valence-electron chi connectivity index (χ2n) is 8.08. The quantitative estimate of drug-likeness (QED) is 0.524. The van der Waals surface area contributed by atoms with Crippen molar-refractivity contribution in [1.82, 2.24) is 24.4 Å². The average molecular weight is 397 g/mol. The molecule has 5 rings (SSSR count). The van der Waals surface area contributed by atoms with Crippen LogP contribution in [0.5, 0.6) is 0 Å². The van der Waals surface area contributed by atoms with Crippen LogP contribution in [0.3, 0.4) is 0 Å². The Kier molecular flexibility index (Phi) is 4.47. The number of rotatable bonds is 3. The summed E-state index contributed by atoms with van der Waals surface area (Å²) in [6.45, 7) is 4.41. The fourth-order valence-corrected chi connectivity index (χ4v) is 4.12. The van der Waals surface area contributed by atoms with E-state index in [1.165, 1.54) is 12.8 Å². The van der Waals surface area contributed by atoms with Gasteiger partial charge in [-0.05, 0) is 37.0 Å². The average Bonchev–Trinajstić information content (AvgIpc) is 3.40. The predicted molar refractivity (Wildman–Crippen MR) is 116 cm³/mol. The molecule has 7 heteroatoms. The standard InChI is InChI=1S/C23H23N7/c1-16-5-7-29(8-6-16)22-4-3-17(11-25-22)21-9-18(20-13-26-28(2)14-20)15-30-23(21)19(10-24)12-27-30/h3-4,9,11-16H,5-8H2,1-2H3. The first kappa shape index (κ1) is 18.4. The summed E-state index contributed by atoms with van der Waals surface area (Å²) in [5, 5.41) is 18.3. The van der Waals surface area contributed by atoms with Gasteiger partial charge in [-0.15, -0.1) is 0 Å². The van der Waals surface area contributed by atoms with Gasteiger partial charge < -0.3 is 4.90 Å². The van der Waals surface area contributed by atoms with Gasteiger partial charge in [0.2, 0.25) is 0 Å². The van der Waals surface area contributed by atoms with Crippen LogP contribution < -0.4 is 4.90 Å². The molecule has 1 aliphatic heterocycles. The molecule has 0 saturated carbocycles. The van der Waals surface area contributed by atoms with Crippen LogP contribution in [0.2, 0.25) is 0 Å². The van der Waals surface area contributed by atoms with Crippen molar-refractivity contribution in [3.63, 3.8) is 0 Å². The number of aryl methyl sites for hydroxylation is 1. The molecular weight excluding hydrogens is 374 g/mol. The van der Waals surface area contributed by atoms with Crippen molar-refractivity contribution in [2.45, 2.75) is 19.8 Å². The molecule has 0 atom stereocenters. The third-order valence-corrected chi connectivity index (χ3v) is 5.94. The van der Waals surface area contributed by atoms with Gasteiger partial charge in [0.1, 0.15) is 11.9 Å². The molecule has 150 valence electrons. The summed E-state index contributed by atoms with van der Waals surface area (Å²) in [6.07, 6.45) is 11.7. The van der Waals surface area contributed by atoms with Crippen LogP contribution in [0, 0.1) is 17.2 Å². The van der Waals surface area contributed by atoms with Crippen LogP contribution in [0.25, 0.3) is 27.8 Å². The molecule has 1 aliphatic rings. The first-order valence-electron chi connectivity index (χ1n) is 10.2. The summed E-state index contributed by atoms with van der Waals surface area (Å²) in [5.41, 5.74) is 5.26. The molecule has 1 saturated heterocycles. The molecule has 4 aromatic rings. The largest absolute Gasteiger partial charge is 0.357 e. The maximum Gasteiger partial charge on any atom is 0.128 e. The van der Waals surface area contributed by atoms with Gasteiger partial charge in [0.05, 0.1) is 23.5 Å². The molecule has 0 aliphatic carbocycles. The topological polar surface area (TPSA) is 75.0 Å². The smallest absolute Gasteiger partial charge is 0.128 e. The number of pyridine rings is 2. The highest BCUT2D eigenvalue weighted by Gasteiger charge is 2.18. The van der Waals surface area contributed by atoms with E-state index < -0.39 is 0 Å². The zero-order chi connectivity index (χ0) is 20.7. The number of anilines is 1. The highest BCUT2D eigenvalue weighted by atomic mass is 15.2. The van der Waals surface area contributed by atoms with Crippen molar-refractivity contribution in [3.05, 3.63) is 54.7 Å². The Morgan fingerprint density at radius 1 is 1.00 bits per heavy atom. The SMILES string of the molecule is CC1CCN(c2ccc(-c3cc(-c4cnn(C)c4)cn4ncc(C#N)c34)cn2)CC1. The Bertz CT molecular complexity index is 1240. The van der Waals surface area contributed by atoms with Crippen molar-refractivity contribution in [1.29, 1.82) is 5.26 Å². The Morgan fingerprint density at radius 3 is 2.50 bits per heavy atom. The molecular formula is C23H23N7. The van der Waals surface area contributed by atoms with E-state index in [0.717, 1.165) is 52.6 Å². The maximum atomic E-state index is 9.58. The zero-order valence-electron chi connectivity index (χ0n) is 17.2. The number of nitrogens with zero attached hydrogens (tertiary/aromatic N) is 7. The lowest BCUT2D eigenvalue weighted by molar-refractivity contribution is 0.436. The van der Waals surface area contributed by atoms with Gasteiger partial charge in [0.25, 0.3) is 0 Å². The molecule has 30 heavy (non-hydrogen) atoms. The van der Waals surface area contributed by atoms with Crippen LogP contribution in [-0.2, 0) is 7.05 Å². The van der Waals surface area contributed by atoms with Crippen LogP contribution in [-0.4, -0.2) is 37.5 Å². The Hall–Kier alpha value is -3.66. The van der Waals surface area contributed by atoms with E-state index in [2.05, 4.69) is 46.3 Å². The molecule has 4 aromatic heterocycles. The lowest BCUT2D eigenvalue weighted by Gasteiger charge is -2.31. The normalized spacial score (nSPS) is 14.9. The van der Waals surface area contributed by atoms with E-state index in [1.807, 2.05) is 31.8 Å². The third-order valence-electron chi connectivity index (χ3n) is 5.94. The van der Waals surface area contributed by atoms with Crippen LogP contribution >= 0.6 is 0 Å². The maximum absolute atomic E-state index is 9.58. The molecule has 0 bridgehead atoms. The Morgan fingerprint density at radius 2 is 1.83 bits per heavy atom. The molecule has 0 spiro atoms. The molecule has 7 nitrogen and oxygen atoms in total. The number of nitriles is 1. The van der Waals surface area contributed by atoms with Gasteiger partial charge in [0.15, 0.2) is 0 Å². The second-order valence-corrected chi connectivity index (χ2v) is 8.08. The van der Waals surface area contributed by atoms with Crippen LogP contribution in [0.4, 0.5) is 5.82 Å². The summed E-state index contributed by atoms with van der Waals surface area (Å²) in [5.74, 6) is 1.80. The highest BCUT2D eigenvalue weighted by molar-refractivity contribution is 5.87. The number of aromatic nitrogens is 5. The molecule has 0 unspecified atom stereocenters. The summed E-state index contributed by atoms with van der Waals surface area (Å²) in [4.78, 5) is 7.11. The summed E-state index contributed by atoms with van der Waals surface area (Å²) in [7, 11) is 1.90. The number of hydrogen-bond acceptors (Lipinski definition) is 5. The van der Waals surface area contributed by atoms with Crippen LogP contribution in [0.15, 0.2) is 49.2 Å². The number of hydrogen-bond donors (Lipinski definition) is 0. The van der Waals surface area contributed by atoms with E-state index in [4.69, 9.17) is 4.98 Å². The second kappa shape index (κ2) is 7.30. The molecule has 0 radical (unpaired) electrons. The van der Waals surface area contributed by atoms with Gasteiger partial charge in [0, 0.05) is 61.0 Å². The lowest BCUT2D eigenvalue weighted by Crippen LogP contribution is -2.33. The first-order valence-corrected chi connectivity index (χ1v) is 10.2. The monoisotopic (exact) mass is 397 g/mol. The number of fused-ring (bicyclic) bond motifs is 1. The van der Waals surface area contributed by atoms with Crippen molar-refractivity contribution in [2.75, 3.05) is 18.0 Å². The molecule has 0 amide bonds. The Balaban J connectivity index is 1.58. The van der Waals surface area contributed by atoms with Crippen molar-refractivity contribution >= 4 is 11.3 Å². The van der Waals surface area contributed by atoms with Gasteiger partial charge in [-0.1, -0.05) is 6.92 Å². The van der Waals surface area contributed by atoms with E-state index in [9.17, 15) is 5.26 Å². The molecule has 0 aromatic carbocycles. The van der Waals surface area contributed by atoms with Crippen LogP contribution in [0.1, 0.15) is 25.3 Å². The minimum Gasteiger partial charge on any atom is -0.357 e. The van der Waals surface area contributed by atoms with Gasteiger partial charge in [-0.3, -0.25) is 4.68 Å². The first-order chi connectivity index (χ1) is 14.6. The van der Waals surface area contributed by atoms with Gasteiger partial charge >= 0.3 is 0 Å². The fraction of sp³-hybridized carbons (Fsp3) is 0.304. The molecule has 0 N–H and O–H groups in total. The zero-order valence-corrected chi connectivity index (χ0v) is 17.2. The van der Waals surface area contributed by atoms with E-state index in [0.29, 0.717) is 5.56 Å². The third kappa shape index (κ3) is 3.20. The predicted octanol–water partition coefficient (Wildman–Crippen LogP) is 3.90.